The van der Waals surface area contributed by atoms with Crippen LogP contribution in [0.15, 0.2) is 36.8 Å². The molecule has 2 fully saturated rings. The van der Waals surface area contributed by atoms with Crippen LogP contribution in [0.2, 0.25) is 0 Å². The lowest BCUT2D eigenvalue weighted by atomic mass is 10.0. The molecule has 0 amide bonds. The summed E-state index contributed by atoms with van der Waals surface area (Å²) in [7, 11) is 0. The first-order valence-corrected chi connectivity index (χ1v) is 12.4. The van der Waals surface area contributed by atoms with Crippen LogP contribution in [-0.4, -0.2) is 48.5 Å². The zero-order valence-electron chi connectivity index (χ0n) is 20.6. The molecule has 0 spiro atoms. The summed E-state index contributed by atoms with van der Waals surface area (Å²) in [6.45, 7) is 8.77. The normalized spacial score (nSPS) is 21.5. The highest BCUT2D eigenvalue weighted by Crippen LogP contribution is 2.44. The standard InChI is InChI=1S/C27H29F2N7/c1-14(2)36-15(3)34-27-22(28)4-17(5-24(27)36)19-6-18(31-10-23(19)29)7-25-32-8-16(9-33-25)11-35-12-20-21(13-35)26(20)30/h4-6,8-10,14,20-21,26H,7,11-13,30H2,1-3H3. The molecule has 1 aromatic carbocycles. The molecule has 0 bridgehead atoms. The number of hydrogen-bond donors (Lipinski definition) is 1. The van der Waals surface area contributed by atoms with E-state index >= 15 is 0 Å². The quantitative estimate of drug-likeness (QED) is 0.440. The van der Waals surface area contributed by atoms with Gasteiger partial charge in [-0.1, -0.05) is 0 Å². The van der Waals surface area contributed by atoms with Crippen LogP contribution >= 0.6 is 0 Å². The molecule has 36 heavy (non-hydrogen) atoms. The third-order valence-electron chi connectivity index (χ3n) is 7.50. The van der Waals surface area contributed by atoms with Crippen molar-refractivity contribution in [2.45, 2.75) is 45.8 Å². The fraction of sp³-hybridized carbons (Fsp3) is 0.407. The molecule has 186 valence electrons. The topological polar surface area (TPSA) is 85.8 Å². The number of halogens is 2. The number of imidazole rings is 1. The molecule has 1 saturated carbocycles. The Morgan fingerprint density at radius 1 is 1.00 bits per heavy atom. The van der Waals surface area contributed by atoms with Crippen LogP contribution in [0.4, 0.5) is 8.78 Å². The first-order chi connectivity index (χ1) is 17.3. The van der Waals surface area contributed by atoms with E-state index in [-0.39, 0.29) is 11.6 Å². The van der Waals surface area contributed by atoms with Crippen LogP contribution in [0, 0.1) is 30.4 Å². The smallest absolute Gasteiger partial charge is 0.151 e. The number of benzene rings is 1. The summed E-state index contributed by atoms with van der Waals surface area (Å²) in [5.41, 5.74) is 9.37. The number of nitrogens with two attached hydrogens (primary N) is 1. The minimum Gasteiger partial charge on any atom is -0.327 e. The average Bonchev–Trinajstić information content (AvgIpc) is 3.15. The highest BCUT2D eigenvalue weighted by atomic mass is 19.1. The largest absolute Gasteiger partial charge is 0.327 e. The molecule has 2 atom stereocenters. The van der Waals surface area contributed by atoms with E-state index in [1.54, 1.807) is 12.1 Å². The van der Waals surface area contributed by atoms with Crippen LogP contribution in [-0.2, 0) is 13.0 Å². The van der Waals surface area contributed by atoms with Gasteiger partial charge < -0.3 is 10.3 Å². The highest BCUT2D eigenvalue weighted by molar-refractivity contribution is 5.83. The highest BCUT2D eigenvalue weighted by Gasteiger charge is 2.53. The minimum atomic E-state index is -0.510. The summed E-state index contributed by atoms with van der Waals surface area (Å²) in [5.74, 6) is 1.63. The number of likely N-dealkylation sites (tertiary alicyclic amines) is 1. The summed E-state index contributed by atoms with van der Waals surface area (Å²) in [6, 6.07) is 5.25. The molecule has 2 N–H and O–H groups in total. The van der Waals surface area contributed by atoms with Crippen LogP contribution in [0.5, 0.6) is 0 Å². The molecule has 6 rings (SSSR count). The van der Waals surface area contributed by atoms with Crippen LogP contribution in [0.3, 0.4) is 0 Å². The Balaban J connectivity index is 1.23. The number of hydrogen-bond acceptors (Lipinski definition) is 6. The van der Waals surface area contributed by atoms with Gasteiger partial charge in [0.15, 0.2) is 5.82 Å². The molecule has 7 nitrogen and oxygen atoms in total. The van der Waals surface area contributed by atoms with E-state index in [0.29, 0.717) is 52.4 Å². The number of rotatable bonds is 6. The Bertz CT molecular complexity index is 1440. The van der Waals surface area contributed by atoms with Gasteiger partial charge >= 0.3 is 0 Å². The van der Waals surface area contributed by atoms with Crippen molar-refractivity contribution in [3.8, 4) is 11.1 Å². The lowest BCUT2D eigenvalue weighted by Gasteiger charge is -2.18. The average molecular weight is 490 g/mol. The Kier molecular flexibility index (Phi) is 5.57. The van der Waals surface area contributed by atoms with Gasteiger partial charge in [-0.2, -0.15) is 0 Å². The van der Waals surface area contributed by atoms with Gasteiger partial charge in [-0.15, -0.1) is 0 Å². The molecule has 2 unspecified atom stereocenters. The number of aryl methyl sites for hydroxylation is 1. The van der Waals surface area contributed by atoms with Crippen molar-refractivity contribution in [1.82, 2.24) is 29.4 Å². The van der Waals surface area contributed by atoms with E-state index in [1.807, 2.05) is 37.7 Å². The lowest BCUT2D eigenvalue weighted by Crippen LogP contribution is -2.27. The summed E-state index contributed by atoms with van der Waals surface area (Å²) < 4.78 is 31.7. The molecule has 0 radical (unpaired) electrons. The molecule has 2 aliphatic rings. The van der Waals surface area contributed by atoms with Gasteiger partial charge in [-0.05, 0) is 56.4 Å². The van der Waals surface area contributed by atoms with E-state index < -0.39 is 11.6 Å². The summed E-state index contributed by atoms with van der Waals surface area (Å²) in [5, 5.41) is 0. The fourth-order valence-electron chi connectivity index (χ4n) is 5.64. The predicted molar refractivity (Wildman–Crippen MR) is 133 cm³/mol. The maximum absolute atomic E-state index is 15.0. The van der Waals surface area contributed by atoms with Crippen LogP contribution in [0.1, 0.15) is 42.8 Å². The zero-order valence-corrected chi connectivity index (χ0v) is 20.6. The third kappa shape index (κ3) is 4.06. The number of pyridine rings is 1. The molecule has 4 aromatic rings. The van der Waals surface area contributed by atoms with Crippen LogP contribution < -0.4 is 5.73 Å². The molecular formula is C27H29F2N7. The number of nitrogens with zero attached hydrogens (tertiary/aromatic N) is 6. The maximum Gasteiger partial charge on any atom is 0.151 e. The molecule has 1 saturated heterocycles. The molecule has 3 aromatic heterocycles. The van der Waals surface area contributed by atoms with E-state index in [9.17, 15) is 8.78 Å². The number of aromatic nitrogens is 5. The van der Waals surface area contributed by atoms with Gasteiger partial charge in [-0.25, -0.2) is 23.7 Å². The van der Waals surface area contributed by atoms with Gasteiger partial charge in [-0.3, -0.25) is 9.88 Å². The SMILES string of the molecule is Cc1nc2c(F)cc(-c3cc(Cc4ncc(CN5CC6C(N)C6C5)cn4)ncc3F)cc2n1C(C)C. The van der Waals surface area contributed by atoms with E-state index in [2.05, 4.69) is 24.8 Å². The second kappa shape index (κ2) is 8.67. The minimum absolute atomic E-state index is 0.0938. The first kappa shape index (κ1) is 23.1. The Morgan fingerprint density at radius 3 is 2.42 bits per heavy atom. The summed E-state index contributed by atoms with van der Waals surface area (Å²) in [6.07, 6.45) is 5.21. The van der Waals surface area contributed by atoms with E-state index in [4.69, 9.17) is 5.73 Å². The molecule has 1 aliphatic carbocycles. The van der Waals surface area contributed by atoms with Gasteiger partial charge in [0.2, 0.25) is 0 Å². The van der Waals surface area contributed by atoms with Crippen molar-refractivity contribution in [2.75, 3.05) is 13.1 Å². The predicted octanol–water partition coefficient (Wildman–Crippen LogP) is 4.04. The Hall–Kier alpha value is -3.30. The van der Waals surface area contributed by atoms with Crippen molar-refractivity contribution < 1.29 is 8.78 Å². The molecule has 9 heteroatoms. The van der Waals surface area contributed by atoms with Gasteiger partial charge in [0, 0.05) is 60.9 Å². The molecule has 4 heterocycles. The van der Waals surface area contributed by atoms with Crippen molar-refractivity contribution in [2.24, 2.45) is 17.6 Å². The zero-order chi connectivity index (χ0) is 25.1. The first-order valence-electron chi connectivity index (χ1n) is 12.4. The van der Waals surface area contributed by atoms with E-state index in [0.717, 1.165) is 31.0 Å². The third-order valence-corrected chi connectivity index (χ3v) is 7.50. The molecule has 1 aliphatic heterocycles. The van der Waals surface area contributed by atoms with Crippen LogP contribution in [0.25, 0.3) is 22.2 Å². The Labute approximate surface area is 208 Å². The summed E-state index contributed by atoms with van der Waals surface area (Å²) >= 11 is 0. The Morgan fingerprint density at radius 2 is 1.72 bits per heavy atom. The number of piperidine rings is 1. The monoisotopic (exact) mass is 489 g/mol. The van der Waals surface area contributed by atoms with Crippen molar-refractivity contribution >= 4 is 11.0 Å². The van der Waals surface area contributed by atoms with Gasteiger partial charge in [0.05, 0.1) is 18.1 Å². The van der Waals surface area contributed by atoms with Crippen molar-refractivity contribution in [1.29, 1.82) is 0 Å². The molecular weight excluding hydrogens is 460 g/mol. The van der Waals surface area contributed by atoms with Crippen molar-refractivity contribution in [3.05, 3.63) is 71.3 Å². The summed E-state index contributed by atoms with van der Waals surface area (Å²) in [4.78, 5) is 20.0. The maximum atomic E-state index is 15.0. The van der Waals surface area contributed by atoms with Gasteiger partial charge in [0.1, 0.15) is 23.0 Å². The van der Waals surface area contributed by atoms with Crippen molar-refractivity contribution in [3.63, 3.8) is 0 Å². The second-order valence-electron chi connectivity index (χ2n) is 10.4. The van der Waals surface area contributed by atoms with E-state index in [1.165, 1.54) is 12.3 Å². The lowest BCUT2D eigenvalue weighted by molar-refractivity contribution is 0.289. The van der Waals surface area contributed by atoms with Gasteiger partial charge in [0.25, 0.3) is 0 Å². The fourth-order valence-corrected chi connectivity index (χ4v) is 5.64. The number of fused-ring (bicyclic) bond motifs is 2. The second-order valence-corrected chi connectivity index (χ2v) is 10.4.